The maximum absolute atomic E-state index is 13.6. The van der Waals surface area contributed by atoms with Gasteiger partial charge in [-0.25, -0.2) is 14.4 Å². The average Bonchev–Trinajstić information content (AvgIpc) is 2.62. The number of hydrogen-bond donors (Lipinski definition) is 1. The summed E-state index contributed by atoms with van der Waals surface area (Å²) in [5, 5.41) is 2.74. The molecule has 0 spiro atoms. The molecule has 0 saturated carbocycles. The summed E-state index contributed by atoms with van der Waals surface area (Å²) in [4.78, 5) is 24.5. The Morgan fingerprint density at radius 1 is 1.22 bits per heavy atom. The number of ether oxygens (including phenoxy) is 1. The number of benzene rings is 1. The van der Waals surface area contributed by atoms with Gasteiger partial charge in [0.2, 0.25) is 5.91 Å². The summed E-state index contributed by atoms with van der Waals surface area (Å²) >= 11 is 0. The smallest absolute Gasteiger partial charge is 0.230 e. The summed E-state index contributed by atoms with van der Waals surface area (Å²) in [6.45, 7) is 3.72. The van der Waals surface area contributed by atoms with E-state index >= 15 is 0 Å². The fourth-order valence-corrected chi connectivity index (χ4v) is 2.51. The molecular formula is C20H19FN4O2. The topological polar surface area (TPSA) is 77.0 Å². The first-order chi connectivity index (χ1) is 13.0. The fraction of sp³-hybridized carbons (Fsp3) is 0.200. The SMILES string of the molecule is CC(C)Oc1cc(F)ccc1-c1cc(NC(=O)Cc2cccnc2)ncn1. The van der Waals surface area contributed by atoms with Crippen LogP contribution in [0.1, 0.15) is 19.4 Å². The van der Waals surface area contributed by atoms with Gasteiger partial charge in [0.05, 0.1) is 18.2 Å². The van der Waals surface area contributed by atoms with Crippen molar-refractivity contribution < 1.29 is 13.9 Å². The van der Waals surface area contributed by atoms with Crippen molar-refractivity contribution in [2.75, 3.05) is 5.32 Å². The van der Waals surface area contributed by atoms with Crippen molar-refractivity contribution >= 4 is 11.7 Å². The number of carbonyl (C=O) groups is 1. The summed E-state index contributed by atoms with van der Waals surface area (Å²) in [5.74, 6) is 0.129. The van der Waals surface area contributed by atoms with Gasteiger partial charge >= 0.3 is 0 Å². The lowest BCUT2D eigenvalue weighted by molar-refractivity contribution is -0.115. The third-order valence-electron chi connectivity index (χ3n) is 3.60. The summed E-state index contributed by atoms with van der Waals surface area (Å²) in [5.41, 5.74) is 1.95. The van der Waals surface area contributed by atoms with E-state index < -0.39 is 5.82 Å². The van der Waals surface area contributed by atoms with Crippen LogP contribution in [-0.2, 0) is 11.2 Å². The molecule has 2 aromatic heterocycles. The van der Waals surface area contributed by atoms with Gasteiger partial charge in [-0.2, -0.15) is 0 Å². The summed E-state index contributed by atoms with van der Waals surface area (Å²) in [6.07, 6.45) is 4.70. The van der Waals surface area contributed by atoms with Gasteiger partial charge in [-0.05, 0) is 37.6 Å². The number of amides is 1. The third-order valence-corrected chi connectivity index (χ3v) is 3.60. The highest BCUT2D eigenvalue weighted by molar-refractivity contribution is 5.91. The maximum Gasteiger partial charge on any atom is 0.230 e. The molecule has 0 saturated heterocycles. The highest BCUT2D eigenvalue weighted by Crippen LogP contribution is 2.31. The van der Waals surface area contributed by atoms with Crippen molar-refractivity contribution in [3.63, 3.8) is 0 Å². The van der Waals surface area contributed by atoms with Crippen molar-refractivity contribution in [3.8, 4) is 17.0 Å². The van der Waals surface area contributed by atoms with Gasteiger partial charge < -0.3 is 10.1 Å². The zero-order valence-electron chi connectivity index (χ0n) is 15.0. The molecule has 0 atom stereocenters. The number of rotatable bonds is 6. The summed E-state index contributed by atoms with van der Waals surface area (Å²) in [6, 6.07) is 9.48. The van der Waals surface area contributed by atoms with E-state index in [1.54, 1.807) is 30.6 Å². The predicted molar refractivity (Wildman–Crippen MR) is 99.8 cm³/mol. The van der Waals surface area contributed by atoms with Crippen LogP contribution in [0.3, 0.4) is 0 Å². The molecule has 6 nitrogen and oxygen atoms in total. The van der Waals surface area contributed by atoms with Crippen LogP contribution >= 0.6 is 0 Å². The molecule has 27 heavy (non-hydrogen) atoms. The van der Waals surface area contributed by atoms with E-state index in [9.17, 15) is 9.18 Å². The van der Waals surface area contributed by atoms with Crippen molar-refractivity contribution in [2.45, 2.75) is 26.4 Å². The number of nitrogens with one attached hydrogen (secondary N) is 1. The van der Waals surface area contributed by atoms with Crippen LogP contribution in [0.25, 0.3) is 11.3 Å². The van der Waals surface area contributed by atoms with E-state index in [-0.39, 0.29) is 18.4 Å². The zero-order chi connectivity index (χ0) is 19.2. The van der Waals surface area contributed by atoms with E-state index in [0.717, 1.165) is 5.56 Å². The van der Waals surface area contributed by atoms with Gasteiger partial charge in [0.1, 0.15) is 23.7 Å². The second kappa shape index (κ2) is 8.35. The third kappa shape index (κ3) is 5.07. The molecule has 3 aromatic rings. The Morgan fingerprint density at radius 2 is 2.07 bits per heavy atom. The zero-order valence-corrected chi connectivity index (χ0v) is 15.0. The number of carbonyl (C=O) groups excluding carboxylic acids is 1. The Labute approximate surface area is 156 Å². The Morgan fingerprint density at radius 3 is 2.81 bits per heavy atom. The van der Waals surface area contributed by atoms with Crippen molar-refractivity contribution in [1.82, 2.24) is 15.0 Å². The van der Waals surface area contributed by atoms with Crippen molar-refractivity contribution in [2.24, 2.45) is 0 Å². The molecular weight excluding hydrogens is 347 g/mol. The lowest BCUT2D eigenvalue weighted by Crippen LogP contribution is -2.15. The molecule has 138 valence electrons. The van der Waals surface area contributed by atoms with Crippen LogP contribution in [-0.4, -0.2) is 27.0 Å². The van der Waals surface area contributed by atoms with E-state index in [2.05, 4.69) is 20.3 Å². The number of halogens is 1. The lowest BCUT2D eigenvalue weighted by atomic mass is 10.1. The van der Waals surface area contributed by atoms with Crippen molar-refractivity contribution in [3.05, 3.63) is 66.5 Å². The molecule has 1 N–H and O–H groups in total. The van der Waals surface area contributed by atoms with Crippen LogP contribution in [0.4, 0.5) is 10.2 Å². The number of aromatic nitrogens is 3. The molecule has 0 radical (unpaired) electrons. The van der Waals surface area contributed by atoms with E-state index in [0.29, 0.717) is 22.8 Å². The van der Waals surface area contributed by atoms with Gasteiger partial charge in [0, 0.05) is 30.1 Å². The van der Waals surface area contributed by atoms with E-state index in [1.807, 2.05) is 19.9 Å². The van der Waals surface area contributed by atoms with Crippen molar-refractivity contribution in [1.29, 1.82) is 0 Å². The first kappa shape index (κ1) is 18.4. The minimum Gasteiger partial charge on any atom is -0.490 e. The number of anilines is 1. The largest absolute Gasteiger partial charge is 0.490 e. The standard InChI is InChI=1S/C20H19FN4O2/c1-13(2)27-18-9-15(21)5-6-16(18)17-10-19(24-12-23-17)25-20(26)8-14-4-3-7-22-11-14/h3-7,9-13H,8H2,1-2H3,(H,23,24,25,26). The van der Waals surface area contributed by atoms with Gasteiger partial charge in [0.25, 0.3) is 0 Å². The van der Waals surface area contributed by atoms with E-state index in [1.165, 1.54) is 18.5 Å². The molecule has 2 heterocycles. The quantitative estimate of drug-likeness (QED) is 0.721. The van der Waals surface area contributed by atoms with Gasteiger partial charge in [-0.15, -0.1) is 0 Å². The van der Waals surface area contributed by atoms with Gasteiger partial charge in [-0.1, -0.05) is 6.07 Å². The van der Waals surface area contributed by atoms with Crippen LogP contribution in [0.5, 0.6) is 5.75 Å². The molecule has 0 bridgehead atoms. The molecule has 3 rings (SSSR count). The molecule has 7 heteroatoms. The molecule has 0 fully saturated rings. The highest BCUT2D eigenvalue weighted by atomic mass is 19.1. The van der Waals surface area contributed by atoms with Crippen LogP contribution < -0.4 is 10.1 Å². The van der Waals surface area contributed by atoms with Gasteiger partial charge in [-0.3, -0.25) is 9.78 Å². The summed E-state index contributed by atoms with van der Waals surface area (Å²) in [7, 11) is 0. The fourth-order valence-electron chi connectivity index (χ4n) is 2.51. The second-order valence-electron chi connectivity index (χ2n) is 6.18. The Kier molecular flexibility index (Phi) is 5.71. The molecule has 0 aliphatic rings. The maximum atomic E-state index is 13.6. The average molecular weight is 366 g/mol. The highest BCUT2D eigenvalue weighted by Gasteiger charge is 2.13. The normalized spacial score (nSPS) is 10.7. The minimum atomic E-state index is -0.395. The molecule has 0 unspecified atom stereocenters. The monoisotopic (exact) mass is 366 g/mol. The molecule has 1 amide bonds. The Hall–Kier alpha value is -3.35. The summed E-state index contributed by atoms with van der Waals surface area (Å²) < 4.78 is 19.3. The first-order valence-electron chi connectivity index (χ1n) is 8.48. The Bertz CT molecular complexity index is 932. The number of hydrogen-bond acceptors (Lipinski definition) is 5. The van der Waals surface area contributed by atoms with E-state index in [4.69, 9.17) is 4.74 Å². The number of pyridine rings is 1. The second-order valence-corrected chi connectivity index (χ2v) is 6.18. The number of nitrogens with zero attached hydrogens (tertiary/aromatic N) is 3. The predicted octanol–water partition coefficient (Wildman–Crippen LogP) is 3.65. The van der Waals surface area contributed by atoms with Gasteiger partial charge in [0.15, 0.2) is 0 Å². The first-order valence-corrected chi connectivity index (χ1v) is 8.48. The molecule has 1 aromatic carbocycles. The van der Waals surface area contributed by atoms with Crippen LogP contribution in [0.15, 0.2) is 55.1 Å². The van der Waals surface area contributed by atoms with Crippen LogP contribution in [0, 0.1) is 5.82 Å². The minimum absolute atomic E-state index is 0.119. The molecule has 0 aliphatic carbocycles. The Balaban J connectivity index is 1.81. The van der Waals surface area contributed by atoms with Crippen LogP contribution in [0.2, 0.25) is 0 Å². The lowest BCUT2D eigenvalue weighted by Gasteiger charge is -2.14. The molecule has 0 aliphatic heterocycles.